The van der Waals surface area contributed by atoms with Gasteiger partial charge in [0, 0.05) is 0 Å². The molecule has 199 valence electrons. The number of allylic oxidation sites excluding steroid dienone is 8. The average molecular weight is 561 g/mol. The zero-order valence-corrected chi connectivity index (χ0v) is 22.1. The topological polar surface area (TPSA) is 0 Å². The fraction of sp³-hybridized carbons (Fsp3) is 0.600. The molecular weight excluding hydrogens is 531 g/mol. The Morgan fingerprint density at radius 3 is 0.758 bits per heavy atom. The van der Waals surface area contributed by atoms with Crippen molar-refractivity contribution in [3.63, 3.8) is 0 Å². The summed E-state index contributed by atoms with van der Waals surface area (Å²) in [7, 11) is -16.7. The number of halogens is 10. The molecule has 0 N–H and O–H groups in total. The Morgan fingerprint density at radius 1 is 0.576 bits per heavy atom. The van der Waals surface area contributed by atoms with Crippen LogP contribution in [0.25, 0.3) is 0 Å². The van der Waals surface area contributed by atoms with Crippen LogP contribution in [0.2, 0.25) is 0 Å². The molecule has 0 nitrogen and oxygen atoms in total. The minimum Gasteiger partial charge on any atom is 2.00 e. The van der Waals surface area contributed by atoms with E-state index in [1.807, 2.05) is 0 Å². The molecule has 0 aromatic carbocycles. The van der Waals surface area contributed by atoms with Gasteiger partial charge in [0.15, 0.2) is 0 Å². The molecule has 2 aliphatic rings. The first-order chi connectivity index (χ1) is 13.3. The van der Waals surface area contributed by atoms with Crippen molar-refractivity contribution in [2.45, 2.75) is 69.2 Å². The van der Waals surface area contributed by atoms with Crippen molar-refractivity contribution < 1.29 is 59.2 Å². The molecular formula is C20H30BCoF10P-2. The molecule has 2 aliphatic carbocycles. The third kappa shape index (κ3) is 19.3. The van der Waals surface area contributed by atoms with Gasteiger partial charge in [0.05, 0.1) is 0 Å². The summed E-state index contributed by atoms with van der Waals surface area (Å²) in [4.78, 5) is 0. The predicted octanol–water partition coefficient (Wildman–Crippen LogP) is 10.9. The van der Waals surface area contributed by atoms with Gasteiger partial charge in [-0.2, -0.15) is 22.3 Å². The van der Waals surface area contributed by atoms with Gasteiger partial charge in [0.1, 0.15) is 0 Å². The summed E-state index contributed by atoms with van der Waals surface area (Å²) in [5.74, 6) is 0. The number of hydrogen-bond donors (Lipinski definition) is 0. The SMILES string of the molecule is CC1=[C-]C(C)(C)C(C)=C1C.CC1=[C-]C(C)(C)C(C)=C1C.F[B-](F)(F)F.F[P-](F)(F)(F)(F)F.[Co+2]. The summed E-state index contributed by atoms with van der Waals surface area (Å²) in [6.45, 7) is 21.8. The molecule has 0 unspecified atom stereocenters. The van der Waals surface area contributed by atoms with E-state index in [0.717, 1.165) is 0 Å². The number of rotatable bonds is 0. The maximum atomic E-state index is 9.87. The van der Waals surface area contributed by atoms with Gasteiger partial charge in [0.2, 0.25) is 0 Å². The zero-order chi connectivity index (χ0) is 26.8. The Balaban J connectivity index is -0.000000373. The van der Waals surface area contributed by atoms with E-state index in [1.165, 1.54) is 33.4 Å². The average Bonchev–Trinajstić information content (AvgIpc) is 2.73. The quantitative estimate of drug-likeness (QED) is 0.120. The maximum Gasteiger partial charge on any atom is 2.00 e. The molecule has 0 fully saturated rings. The summed E-state index contributed by atoms with van der Waals surface area (Å²) >= 11 is 0. The molecule has 0 amide bonds. The van der Waals surface area contributed by atoms with Crippen molar-refractivity contribution in [1.29, 1.82) is 0 Å². The molecule has 0 saturated heterocycles. The van der Waals surface area contributed by atoms with Crippen molar-refractivity contribution >= 4 is 15.1 Å². The molecule has 0 atom stereocenters. The molecule has 0 saturated carbocycles. The molecule has 0 spiro atoms. The predicted molar refractivity (Wildman–Crippen MR) is 113 cm³/mol. The van der Waals surface area contributed by atoms with Crippen LogP contribution in [-0.4, -0.2) is 7.25 Å². The van der Waals surface area contributed by atoms with Crippen LogP contribution < -0.4 is 0 Å². The van der Waals surface area contributed by atoms with E-state index in [4.69, 9.17) is 0 Å². The zero-order valence-electron chi connectivity index (χ0n) is 20.1. The van der Waals surface area contributed by atoms with Crippen LogP contribution in [-0.2, 0) is 16.8 Å². The van der Waals surface area contributed by atoms with Crippen LogP contribution in [0.4, 0.5) is 42.4 Å². The van der Waals surface area contributed by atoms with Gasteiger partial charge in [0.25, 0.3) is 0 Å². The summed E-state index contributed by atoms with van der Waals surface area (Å²) < 4.78 is 98.2. The van der Waals surface area contributed by atoms with Crippen LogP contribution in [0.5, 0.6) is 0 Å². The summed E-state index contributed by atoms with van der Waals surface area (Å²) in [6.07, 6.45) is 6.87. The van der Waals surface area contributed by atoms with Crippen molar-refractivity contribution in [2.75, 3.05) is 0 Å². The van der Waals surface area contributed by atoms with E-state index in [2.05, 4.69) is 81.4 Å². The molecule has 33 heavy (non-hydrogen) atoms. The Bertz CT molecular complexity index is 760. The standard InChI is InChI=1S/2C10H15.BF4.Co.F6P/c2*1-7-6-10(4,5)9(3)8(7)2;2-1(3,4)5;;1-7(2,3,4,5)6/h2*1-5H3;;;/q3*-1;+2;-1. The van der Waals surface area contributed by atoms with Crippen molar-refractivity contribution in [2.24, 2.45) is 10.8 Å². The normalized spacial score (nSPS) is 21.0. The Morgan fingerprint density at radius 2 is 0.727 bits per heavy atom. The van der Waals surface area contributed by atoms with E-state index >= 15 is 0 Å². The fourth-order valence-electron chi connectivity index (χ4n) is 2.81. The molecule has 0 aliphatic heterocycles. The Kier molecular flexibility index (Phi) is 11.7. The Labute approximate surface area is 200 Å². The van der Waals surface area contributed by atoms with E-state index < -0.39 is 15.1 Å². The van der Waals surface area contributed by atoms with Crippen LogP contribution >= 0.6 is 7.81 Å². The first-order valence-electron chi connectivity index (χ1n) is 9.39. The maximum absolute atomic E-state index is 10.7. The molecule has 1 radical (unpaired) electrons. The summed E-state index contributed by atoms with van der Waals surface area (Å²) in [5, 5.41) is 0. The van der Waals surface area contributed by atoms with Crippen LogP contribution in [0.15, 0.2) is 33.4 Å². The molecule has 0 bridgehead atoms. The monoisotopic (exact) mass is 561 g/mol. The molecule has 2 rings (SSSR count). The van der Waals surface area contributed by atoms with E-state index in [1.54, 1.807) is 0 Å². The smallest absolute Gasteiger partial charge is 2.00 e. The van der Waals surface area contributed by atoms with Crippen LogP contribution in [0.3, 0.4) is 0 Å². The largest absolute Gasteiger partial charge is 2.00 e. The molecule has 0 aromatic heterocycles. The minimum atomic E-state index is -10.7. The fourth-order valence-corrected chi connectivity index (χ4v) is 2.81. The first-order valence-corrected chi connectivity index (χ1v) is 11.4. The third-order valence-corrected chi connectivity index (χ3v) is 5.12. The van der Waals surface area contributed by atoms with Gasteiger partial charge in [-0.05, 0) is 0 Å². The van der Waals surface area contributed by atoms with Crippen molar-refractivity contribution in [3.05, 3.63) is 45.6 Å². The molecule has 0 aromatic rings. The van der Waals surface area contributed by atoms with E-state index in [9.17, 15) is 42.4 Å². The second-order valence-corrected chi connectivity index (χ2v) is 10.6. The summed E-state index contributed by atoms with van der Waals surface area (Å²) in [6, 6.07) is 0. The first kappa shape index (κ1) is 36.8. The van der Waals surface area contributed by atoms with Gasteiger partial charge in [-0.15, -0.1) is 13.8 Å². The third-order valence-electron chi connectivity index (χ3n) is 5.12. The van der Waals surface area contributed by atoms with Crippen molar-refractivity contribution in [1.82, 2.24) is 0 Å². The van der Waals surface area contributed by atoms with Gasteiger partial charge in [-0.25, -0.2) is 11.1 Å². The van der Waals surface area contributed by atoms with E-state index in [-0.39, 0.29) is 27.6 Å². The molecule has 13 heteroatoms. The van der Waals surface area contributed by atoms with Crippen molar-refractivity contribution in [3.8, 4) is 0 Å². The molecule has 0 heterocycles. The van der Waals surface area contributed by atoms with Gasteiger partial charge >= 0.3 is 57.0 Å². The van der Waals surface area contributed by atoms with Crippen LogP contribution in [0, 0.1) is 23.0 Å². The Hall–Kier alpha value is -0.739. The van der Waals surface area contributed by atoms with Gasteiger partial charge in [-0.1, -0.05) is 66.2 Å². The van der Waals surface area contributed by atoms with Crippen LogP contribution in [0.1, 0.15) is 69.2 Å². The van der Waals surface area contributed by atoms with Gasteiger partial charge in [-0.3, -0.25) is 12.2 Å². The van der Waals surface area contributed by atoms with Gasteiger partial charge < -0.3 is 17.3 Å². The number of hydrogen-bond acceptors (Lipinski definition) is 0. The minimum absolute atomic E-state index is 0. The van der Waals surface area contributed by atoms with E-state index in [0.29, 0.717) is 0 Å². The second-order valence-electron chi connectivity index (χ2n) is 8.70. The second kappa shape index (κ2) is 10.5. The summed E-state index contributed by atoms with van der Waals surface area (Å²) in [5.41, 5.74) is 8.79.